The van der Waals surface area contributed by atoms with Gasteiger partial charge in [-0.1, -0.05) is 11.6 Å². The van der Waals surface area contributed by atoms with Crippen molar-refractivity contribution in [1.29, 1.82) is 5.41 Å². The van der Waals surface area contributed by atoms with Crippen LogP contribution in [-0.4, -0.2) is 31.1 Å². The molecule has 0 bridgehead atoms. The Kier molecular flexibility index (Phi) is 3.78. The fraction of sp³-hybridized carbons (Fsp3) is 0.462. The lowest BCUT2D eigenvalue weighted by Crippen LogP contribution is -2.45. The zero-order chi connectivity index (χ0) is 13.3. The number of nitrogen functional groups attached to an aromatic ring is 1. The molecule has 1 aromatic carbocycles. The molecule has 2 atom stereocenters. The van der Waals surface area contributed by atoms with E-state index in [0.717, 1.165) is 18.8 Å². The lowest BCUT2D eigenvalue weighted by Gasteiger charge is -2.37. The summed E-state index contributed by atoms with van der Waals surface area (Å²) in [7, 11) is 0. The molecule has 0 radical (unpaired) electrons. The number of halogens is 1. The van der Waals surface area contributed by atoms with Crippen molar-refractivity contribution in [1.82, 2.24) is 0 Å². The molecule has 4 nitrogen and oxygen atoms in total. The van der Waals surface area contributed by atoms with Crippen LogP contribution in [0.5, 0.6) is 0 Å². The van der Waals surface area contributed by atoms with Gasteiger partial charge in [0.1, 0.15) is 5.84 Å². The van der Waals surface area contributed by atoms with Crippen molar-refractivity contribution < 1.29 is 4.74 Å². The first-order valence-electron chi connectivity index (χ1n) is 6.01. The number of ether oxygens (including phenoxy) is 1. The van der Waals surface area contributed by atoms with Gasteiger partial charge < -0.3 is 15.4 Å². The molecule has 2 rings (SSSR count). The third-order valence-corrected chi connectivity index (χ3v) is 3.34. The quantitative estimate of drug-likeness (QED) is 0.638. The third kappa shape index (κ3) is 2.76. The van der Waals surface area contributed by atoms with Gasteiger partial charge in [-0.3, -0.25) is 5.41 Å². The van der Waals surface area contributed by atoms with Crippen molar-refractivity contribution in [2.24, 2.45) is 5.73 Å². The summed E-state index contributed by atoms with van der Waals surface area (Å²) in [5.41, 5.74) is 7.08. The molecule has 0 aliphatic carbocycles. The number of morpholine rings is 1. The molecule has 2 unspecified atom stereocenters. The molecular weight excluding hydrogens is 250 g/mol. The van der Waals surface area contributed by atoms with Crippen molar-refractivity contribution in [2.45, 2.75) is 26.1 Å². The Hall–Kier alpha value is -1.26. The van der Waals surface area contributed by atoms with E-state index in [-0.39, 0.29) is 18.0 Å². The topological polar surface area (TPSA) is 62.3 Å². The van der Waals surface area contributed by atoms with Crippen LogP contribution in [0.1, 0.15) is 19.4 Å². The summed E-state index contributed by atoms with van der Waals surface area (Å²) in [6, 6.07) is 5.61. The van der Waals surface area contributed by atoms with E-state index in [1.807, 2.05) is 12.1 Å². The Morgan fingerprint density at radius 2 is 2.00 bits per heavy atom. The van der Waals surface area contributed by atoms with Crippen LogP contribution < -0.4 is 10.6 Å². The van der Waals surface area contributed by atoms with Gasteiger partial charge in [0.05, 0.1) is 17.2 Å². The van der Waals surface area contributed by atoms with Gasteiger partial charge in [0, 0.05) is 24.3 Å². The molecule has 0 aromatic heterocycles. The first kappa shape index (κ1) is 13.2. The summed E-state index contributed by atoms with van der Waals surface area (Å²) < 4.78 is 5.70. The monoisotopic (exact) mass is 267 g/mol. The van der Waals surface area contributed by atoms with E-state index in [9.17, 15) is 0 Å². The molecule has 1 aromatic rings. The van der Waals surface area contributed by atoms with E-state index in [2.05, 4.69) is 18.7 Å². The van der Waals surface area contributed by atoms with Crippen LogP contribution in [0.4, 0.5) is 5.69 Å². The van der Waals surface area contributed by atoms with Gasteiger partial charge in [0.15, 0.2) is 0 Å². The number of benzene rings is 1. The molecule has 1 aliphatic rings. The summed E-state index contributed by atoms with van der Waals surface area (Å²) in [4.78, 5) is 2.24. The number of amidine groups is 1. The van der Waals surface area contributed by atoms with Crippen molar-refractivity contribution in [3.05, 3.63) is 28.8 Å². The minimum absolute atomic E-state index is 0.00439. The van der Waals surface area contributed by atoms with E-state index >= 15 is 0 Å². The highest BCUT2D eigenvalue weighted by molar-refractivity contribution is 6.34. The summed E-state index contributed by atoms with van der Waals surface area (Å²) in [5, 5.41) is 7.94. The molecule has 0 saturated carbocycles. The molecule has 1 fully saturated rings. The number of nitrogens with one attached hydrogen (secondary N) is 1. The average molecular weight is 268 g/mol. The van der Waals surface area contributed by atoms with Crippen molar-refractivity contribution in [3.63, 3.8) is 0 Å². The first-order valence-corrected chi connectivity index (χ1v) is 6.39. The summed E-state index contributed by atoms with van der Waals surface area (Å²) in [6.07, 6.45) is 0.417. The molecule has 1 saturated heterocycles. The lowest BCUT2D eigenvalue weighted by atomic mass is 10.1. The van der Waals surface area contributed by atoms with E-state index in [0.29, 0.717) is 10.6 Å². The summed E-state index contributed by atoms with van der Waals surface area (Å²) in [5.74, 6) is -0.00439. The number of hydrogen-bond acceptors (Lipinski definition) is 3. The van der Waals surface area contributed by atoms with Crippen LogP contribution >= 0.6 is 11.6 Å². The Balaban J connectivity index is 2.23. The molecule has 1 aliphatic heterocycles. The van der Waals surface area contributed by atoms with Gasteiger partial charge >= 0.3 is 0 Å². The number of hydrogen-bond donors (Lipinski definition) is 2. The molecule has 1 heterocycles. The molecule has 5 heteroatoms. The number of anilines is 1. The van der Waals surface area contributed by atoms with Gasteiger partial charge in [0.25, 0.3) is 0 Å². The van der Waals surface area contributed by atoms with Crippen molar-refractivity contribution in [2.75, 3.05) is 18.0 Å². The number of nitrogens with two attached hydrogens (primary N) is 1. The van der Waals surface area contributed by atoms with Gasteiger partial charge in [-0.05, 0) is 32.0 Å². The van der Waals surface area contributed by atoms with Crippen LogP contribution in [0.2, 0.25) is 5.02 Å². The van der Waals surface area contributed by atoms with Crippen LogP contribution in [0.15, 0.2) is 18.2 Å². The average Bonchev–Trinajstić information content (AvgIpc) is 2.26. The van der Waals surface area contributed by atoms with Gasteiger partial charge in [-0.15, -0.1) is 0 Å². The van der Waals surface area contributed by atoms with Gasteiger partial charge in [-0.25, -0.2) is 0 Å². The molecule has 0 amide bonds. The Morgan fingerprint density at radius 1 is 1.39 bits per heavy atom. The normalized spacial score (nSPS) is 24.1. The van der Waals surface area contributed by atoms with E-state index in [4.69, 9.17) is 27.5 Å². The maximum atomic E-state index is 7.41. The van der Waals surface area contributed by atoms with Crippen LogP contribution in [0, 0.1) is 5.41 Å². The maximum absolute atomic E-state index is 7.41. The second kappa shape index (κ2) is 5.16. The molecule has 0 spiro atoms. The zero-order valence-corrected chi connectivity index (χ0v) is 11.4. The number of nitrogens with zero attached hydrogens (tertiary/aromatic N) is 1. The van der Waals surface area contributed by atoms with Crippen molar-refractivity contribution in [3.8, 4) is 0 Å². The summed E-state index contributed by atoms with van der Waals surface area (Å²) >= 11 is 6.14. The lowest BCUT2D eigenvalue weighted by molar-refractivity contribution is -0.00521. The number of rotatable bonds is 2. The van der Waals surface area contributed by atoms with E-state index < -0.39 is 0 Å². The van der Waals surface area contributed by atoms with Crippen LogP contribution in [0.3, 0.4) is 0 Å². The molecule has 3 N–H and O–H groups in total. The first-order chi connectivity index (χ1) is 8.47. The molecule has 98 valence electrons. The standard InChI is InChI=1S/C13H18ClN3O/c1-8-6-17(7-9(2)18-8)10-3-4-11(13(15)16)12(14)5-10/h3-5,8-9H,6-7H2,1-2H3,(H3,15,16). The SMILES string of the molecule is CC1CN(c2ccc(C(=N)N)c(Cl)c2)CC(C)O1. The maximum Gasteiger partial charge on any atom is 0.124 e. The second-order valence-corrected chi connectivity index (χ2v) is 5.15. The van der Waals surface area contributed by atoms with Gasteiger partial charge in [-0.2, -0.15) is 0 Å². The highest BCUT2D eigenvalue weighted by Crippen LogP contribution is 2.26. The predicted octanol–water partition coefficient (Wildman–Crippen LogP) is 2.24. The minimum atomic E-state index is -0.00439. The zero-order valence-electron chi connectivity index (χ0n) is 10.6. The Bertz CT molecular complexity index is 454. The Morgan fingerprint density at radius 3 is 2.50 bits per heavy atom. The third-order valence-electron chi connectivity index (χ3n) is 3.03. The highest BCUT2D eigenvalue weighted by atomic mass is 35.5. The fourth-order valence-corrected chi connectivity index (χ4v) is 2.58. The van der Waals surface area contributed by atoms with Crippen LogP contribution in [0.25, 0.3) is 0 Å². The molecular formula is C13H18ClN3O. The largest absolute Gasteiger partial charge is 0.384 e. The van der Waals surface area contributed by atoms with Crippen molar-refractivity contribution >= 4 is 23.1 Å². The smallest absolute Gasteiger partial charge is 0.124 e. The fourth-order valence-electron chi connectivity index (χ4n) is 2.31. The predicted molar refractivity (Wildman–Crippen MR) is 74.7 cm³/mol. The minimum Gasteiger partial charge on any atom is -0.384 e. The Labute approximate surface area is 112 Å². The molecule has 18 heavy (non-hydrogen) atoms. The second-order valence-electron chi connectivity index (χ2n) is 4.74. The van der Waals surface area contributed by atoms with Gasteiger partial charge in [0.2, 0.25) is 0 Å². The van der Waals surface area contributed by atoms with E-state index in [1.165, 1.54) is 0 Å². The summed E-state index contributed by atoms with van der Waals surface area (Å²) in [6.45, 7) is 5.82. The van der Waals surface area contributed by atoms with E-state index in [1.54, 1.807) is 6.07 Å². The highest BCUT2D eigenvalue weighted by Gasteiger charge is 2.22. The van der Waals surface area contributed by atoms with Crippen LogP contribution in [-0.2, 0) is 4.74 Å².